The molecule has 0 radical (unpaired) electrons. The number of nitrogens with zero attached hydrogens (tertiary/aromatic N) is 3. The Labute approximate surface area is 194 Å². The lowest BCUT2D eigenvalue weighted by Gasteiger charge is -2.28. The highest BCUT2D eigenvalue weighted by Gasteiger charge is 2.15. The average Bonchev–Trinajstić information content (AvgIpc) is 2.80. The highest BCUT2D eigenvalue weighted by atomic mass is 35.5. The molecule has 32 heavy (non-hydrogen) atoms. The van der Waals surface area contributed by atoms with E-state index < -0.39 is 0 Å². The minimum Gasteiger partial charge on any atom is -0.378 e. The fourth-order valence-corrected chi connectivity index (χ4v) is 4.23. The highest BCUT2D eigenvalue weighted by molar-refractivity contribution is 6.36. The smallest absolute Gasteiger partial charge is 0.262 e. The summed E-state index contributed by atoms with van der Waals surface area (Å²) in [6, 6.07) is 15.0. The molecule has 1 saturated heterocycles. The van der Waals surface area contributed by atoms with E-state index in [4.69, 9.17) is 32.9 Å². The molecular formula is C23H19Cl2N5O2. The molecule has 2 aromatic carbocycles. The van der Waals surface area contributed by atoms with Crippen LogP contribution >= 0.6 is 23.2 Å². The number of fused-ring (bicyclic) bond motifs is 1. The van der Waals surface area contributed by atoms with Gasteiger partial charge in [-0.2, -0.15) is 0 Å². The van der Waals surface area contributed by atoms with Crippen molar-refractivity contribution in [2.24, 2.45) is 0 Å². The zero-order valence-corrected chi connectivity index (χ0v) is 18.5. The summed E-state index contributed by atoms with van der Waals surface area (Å²) in [7, 11) is 0. The second kappa shape index (κ2) is 8.78. The van der Waals surface area contributed by atoms with Crippen molar-refractivity contribution in [1.29, 1.82) is 0 Å². The van der Waals surface area contributed by atoms with Gasteiger partial charge in [0.2, 0.25) is 0 Å². The molecule has 0 bridgehead atoms. The van der Waals surface area contributed by atoms with Gasteiger partial charge in [0.15, 0.2) is 0 Å². The lowest BCUT2D eigenvalue weighted by atomic mass is 10.1. The van der Waals surface area contributed by atoms with Crippen LogP contribution in [0.2, 0.25) is 10.0 Å². The average molecular weight is 468 g/mol. The predicted octanol–water partition coefficient (Wildman–Crippen LogP) is 4.87. The van der Waals surface area contributed by atoms with Gasteiger partial charge in [-0.1, -0.05) is 23.2 Å². The van der Waals surface area contributed by atoms with Crippen LogP contribution in [0.25, 0.3) is 22.2 Å². The third kappa shape index (κ3) is 4.14. The summed E-state index contributed by atoms with van der Waals surface area (Å²) in [5, 5.41) is 4.65. The fraction of sp³-hybridized carbons (Fsp3) is 0.174. The van der Waals surface area contributed by atoms with Gasteiger partial charge in [0, 0.05) is 35.1 Å². The minimum atomic E-state index is -0.274. The molecule has 0 saturated carbocycles. The second-order valence-electron chi connectivity index (χ2n) is 7.38. The molecule has 0 spiro atoms. The van der Waals surface area contributed by atoms with Crippen LogP contribution in [0.4, 0.5) is 17.2 Å². The molecule has 4 aromatic rings. The number of aromatic amines is 1. The summed E-state index contributed by atoms with van der Waals surface area (Å²) in [5.41, 5.74) is 3.45. The number of anilines is 3. The van der Waals surface area contributed by atoms with Gasteiger partial charge in [0.1, 0.15) is 11.2 Å². The Hall–Kier alpha value is -3.13. The van der Waals surface area contributed by atoms with Crippen LogP contribution in [0, 0.1) is 0 Å². The summed E-state index contributed by atoms with van der Waals surface area (Å²) in [4.78, 5) is 26.5. The number of hydrogen-bond acceptors (Lipinski definition) is 6. The quantitative estimate of drug-likeness (QED) is 0.445. The topological polar surface area (TPSA) is 83.1 Å². The molecule has 0 unspecified atom stereocenters. The van der Waals surface area contributed by atoms with E-state index in [0.717, 1.165) is 37.7 Å². The van der Waals surface area contributed by atoms with Crippen LogP contribution in [0.15, 0.2) is 59.7 Å². The Bertz CT molecular complexity index is 1330. The Morgan fingerprint density at radius 3 is 2.56 bits per heavy atom. The number of hydrogen-bond donors (Lipinski definition) is 2. The van der Waals surface area contributed by atoms with Gasteiger partial charge in [-0.05, 0) is 48.5 Å². The second-order valence-corrected chi connectivity index (χ2v) is 8.22. The Kier molecular flexibility index (Phi) is 5.70. The Morgan fingerprint density at radius 1 is 1.03 bits per heavy atom. The lowest BCUT2D eigenvalue weighted by Crippen LogP contribution is -2.36. The SMILES string of the molecule is O=c1[nH]cnc2cc(-c3ccc(Cl)cc3Cl)nc(Nc3ccc(N4CCOCC4)cc3)c12. The maximum atomic E-state index is 12.6. The molecule has 9 heteroatoms. The van der Waals surface area contributed by atoms with Crippen LogP contribution in [0.1, 0.15) is 0 Å². The molecule has 162 valence electrons. The van der Waals surface area contributed by atoms with Crippen molar-refractivity contribution >= 4 is 51.3 Å². The molecule has 5 rings (SSSR count). The number of rotatable bonds is 4. The van der Waals surface area contributed by atoms with Gasteiger partial charge in [0.05, 0.1) is 35.8 Å². The molecule has 2 N–H and O–H groups in total. The zero-order chi connectivity index (χ0) is 22.1. The molecule has 1 aliphatic rings. The number of benzene rings is 2. The first-order valence-electron chi connectivity index (χ1n) is 10.1. The molecule has 2 aromatic heterocycles. The van der Waals surface area contributed by atoms with E-state index in [9.17, 15) is 4.79 Å². The zero-order valence-electron chi connectivity index (χ0n) is 16.9. The van der Waals surface area contributed by atoms with Gasteiger partial charge >= 0.3 is 0 Å². The Morgan fingerprint density at radius 2 is 1.81 bits per heavy atom. The van der Waals surface area contributed by atoms with Crippen molar-refractivity contribution in [3.8, 4) is 11.3 Å². The first-order chi connectivity index (χ1) is 15.6. The van der Waals surface area contributed by atoms with E-state index in [1.54, 1.807) is 24.3 Å². The van der Waals surface area contributed by atoms with Crippen LogP contribution in [-0.4, -0.2) is 41.3 Å². The lowest BCUT2D eigenvalue weighted by molar-refractivity contribution is 0.122. The van der Waals surface area contributed by atoms with Crippen LogP contribution < -0.4 is 15.8 Å². The number of ether oxygens (including phenoxy) is 1. The fourth-order valence-electron chi connectivity index (χ4n) is 3.73. The van der Waals surface area contributed by atoms with E-state index in [-0.39, 0.29) is 5.56 Å². The number of morpholine rings is 1. The summed E-state index contributed by atoms with van der Waals surface area (Å²) >= 11 is 12.4. The number of pyridine rings is 1. The molecule has 0 aliphatic carbocycles. The van der Waals surface area contributed by atoms with Gasteiger partial charge < -0.3 is 19.9 Å². The molecule has 1 aliphatic heterocycles. The summed E-state index contributed by atoms with van der Waals surface area (Å²) in [6.45, 7) is 3.19. The number of nitrogens with one attached hydrogen (secondary N) is 2. The van der Waals surface area contributed by atoms with Crippen molar-refractivity contribution in [3.05, 3.63) is 75.3 Å². The Balaban J connectivity index is 1.54. The normalized spacial score (nSPS) is 14.0. The van der Waals surface area contributed by atoms with Crippen molar-refractivity contribution in [3.63, 3.8) is 0 Å². The van der Waals surface area contributed by atoms with Crippen LogP contribution in [0.5, 0.6) is 0 Å². The van der Waals surface area contributed by atoms with Gasteiger partial charge in [-0.15, -0.1) is 0 Å². The minimum absolute atomic E-state index is 0.274. The third-order valence-corrected chi connectivity index (χ3v) is 5.89. The molecule has 0 atom stereocenters. The van der Waals surface area contributed by atoms with E-state index in [1.165, 1.54) is 6.33 Å². The number of aromatic nitrogens is 3. The van der Waals surface area contributed by atoms with Crippen molar-refractivity contribution in [1.82, 2.24) is 15.0 Å². The van der Waals surface area contributed by atoms with Crippen LogP contribution in [-0.2, 0) is 4.74 Å². The molecule has 3 heterocycles. The monoisotopic (exact) mass is 467 g/mol. The standard InChI is InChI=1S/C23H19Cl2N5O2/c24-14-1-6-17(18(25)11-14)19-12-20-21(23(31)27-13-26-20)22(29-19)28-15-2-4-16(5-3-15)30-7-9-32-10-8-30/h1-6,11-13H,7-10H2,(H,28,29)(H,26,27,31). The third-order valence-electron chi connectivity index (χ3n) is 5.34. The molecule has 7 nitrogen and oxygen atoms in total. The largest absolute Gasteiger partial charge is 0.378 e. The maximum Gasteiger partial charge on any atom is 0.262 e. The van der Waals surface area contributed by atoms with Gasteiger partial charge in [-0.25, -0.2) is 9.97 Å². The first kappa shape index (κ1) is 20.8. The van der Waals surface area contributed by atoms with Crippen molar-refractivity contribution < 1.29 is 4.74 Å². The van der Waals surface area contributed by atoms with Crippen molar-refractivity contribution in [2.45, 2.75) is 0 Å². The summed E-state index contributed by atoms with van der Waals surface area (Å²) < 4.78 is 5.42. The van der Waals surface area contributed by atoms with Gasteiger partial charge in [-0.3, -0.25) is 4.79 Å². The van der Waals surface area contributed by atoms with Crippen molar-refractivity contribution in [2.75, 3.05) is 36.5 Å². The predicted molar refractivity (Wildman–Crippen MR) is 128 cm³/mol. The molecular weight excluding hydrogens is 449 g/mol. The van der Waals surface area contributed by atoms with Crippen LogP contribution in [0.3, 0.4) is 0 Å². The molecule has 0 amide bonds. The van der Waals surface area contributed by atoms with E-state index in [1.807, 2.05) is 24.3 Å². The first-order valence-corrected chi connectivity index (χ1v) is 10.9. The summed E-state index contributed by atoms with van der Waals surface area (Å²) in [6.07, 6.45) is 1.37. The highest BCUT2D eigenvalue weighted by Crippen LogP contribution is 2.33. The van der Waals surface area contributed by atoms with Gasteiger partial charge in [0.25, 0.3) is 5.56 Å². The molecule has 1 fully saturated rings. The number of halogens is 2. The summed E-state index contributed by atoms with van der Waals surface area (Å²) in [5.74, 6) is 0.400. The number of H-pyrrole nitrogens is 1. The van der Waals surface area contributed by atoms with E-state index in [2.05, 4.69) is 20.2 Å². The van der Waals surface area contributed by atoms with E-state index >= 15 is 0 Å². The maximum absolute atomic E-state index is 12.6. The van der Waals surface area contributed by atoms with E-state index in [0.29, 0.717) is 38.0 Å².